The van der Waals surface area contributed by atoms with E-state index in [9.17, 15) is 13.2 Å². The predicted octanol–water partition coefficient (Wildman–Crippen LogP) is 2.46. The van der Waals surface area contributed by atoms with Gasteiger partial charge < -0.3 is 10.5 Å². The number of alkyl halides is 3. The molecule has 2 N–H and O–H groups in total. The Labute approximate surface area is 74.2 Å². The van der Waals surface area contributed by atoms with E-state index >= 15 is 0 Å². The van der Waals surface area contributed by atoms with Crippen LogP contribution in [0, 0.1) is 0 Å². The summed E-state index contributed by atoms with van der Waals surface area (Å²) in [5.41, 5.74) is 5.19. The van der Waals surface area contributed by atoms with Crippen molar-refractivity contribution in [3.05, 3.63) is 36.3 Å². The minimum absolute atomic E-state index is 0.0257. The Morgan fingerprint density at radius 3 is 2.08 bits per heavy atom. The van der Waals surface area contributed by atoms with Crippen LogP contribution in [-0.4, -0.2) is 6.36 Å². The molecule has 0 fully saturated rings. The second kappa shape index (κ2) is 4.02. The lowest BCUT2D eigenvalue weighted by Gasteiger charge is -2.12. The minimum atomic E-state index is -4.74. The SMILES string of the molecule is C=C(N)/C=C(/OC(F)(F)F)C(=C)C. The van der Waals surface area contributed by atoms with Crippen molar-refractivity contribution < 1.29 is 17.9 Å². The molecule has 0 saturated heterocycles. The first-order valence-corrected chi connectivity index (χ1v) is 3.30. The van der Waals surface area contributed by atoms with Crippen molar-refractivity contribution in [2.75, 3.05) is 0 Å². The maximum atomic E-state index is 11.7. The highest BCUT2D eigenvalue weighted by Gasteiger charge is 2.32. The van der Waals surface area contributed by atoms with Gasteiger partial charge in [-0.2, -0.15) is 0 Å². The average molecular weight is 193 g/mol. The fourth-order valence-electron chi connectivity index (χ4n) is 0.533. The number of nitrogens with two attached hydrogens (primary N) is 1. The van der Waals surface area contributed by atoms with Crippen LogP contribution in [0.25, 0.3) is 0 Å². The van der Waals surface area contributed by atoms with Crippen LogP contribution in [-0.2, 0) is 4.74 Å². The maximum absolute atomic E-state index is 11.7. The summed E-state index contributed by atoms with van der Waals surface area (Å²) in [4.78, 5) is 0. The molecule has 5 heteroatoms. The Balaban J connectivity index is 4.65. The summed E-state index contributed by atoms with van der Waals surface area (Å²) in [7, 11) is 0. The molecular formula is C8H10F3NO. The lowest BCUT2D eigenvalue weighted by atomic mass is 10.2. The van der Waals surface area contributed by atoms with E-state index in [0.717, 1.165) is 6.08 Å². The molecule has 0 aromatic carbocycles. The Morgan fingerprint density at radius 1 is 1.38 bits per heavy atom. The Morgan fingerprint density at radius 2 is 1.85 bits per heavy atom. The van der Waals surface area contributed by atoms with Gasteiger partial charge in [0.05, 0.1) is 0 Å². The number of hydrogen-bond donors (Lipinski definition) is 1. The predicted molar refractivity (Wildman–Crippen MR) is 43.4 cm³/mol. The van der Waals surface area contributed by atoms with Crippen LogP contribution in [0.2, 0.25) is 0 Å². The van der Waals surface area contributed by atoms with E-state index in [-0.39, 0.29) is 11.3 Å². The van der Waals surface area contributed by atoms with E-state index < -0.39 is 12.1 Å². The van der Waals surface area contributed by atoms with E-state index in [1.165, 1.54) is 6.92 Å². The summed E-state index contributed by atoms with van der Waals surface area (Å²) in [5.74, 6) is -0.431. The summed E-state index contributed by atoms with van der Waals surface area (Å²) in [6.07, 6.45) is -3.77. The molecular weight excluding hydrogens is 183 g/mol. The second-order valence-electron chi connectivity index (χ2n) is 2.41. The molecule has 0 aromatic rings. The van der Waals surface area contributed by atoms with Gasteiger partial charge in [-0.1, -0.05) is 13.2 Å². The molecule has 0 aliphatic carbocycles. The molecule has 0 bridgehead atoms. The number of hydrogen-bond acceptors (Lipinski definition) is 2. The summed E-state index contributed by atoms with van der Waals surface area (Å²) >= 11 is 0. The van der Waals surface area contributed by atoms with Crippen molar-refractivity contribution in [3.63, 3.8) is 0 Å². The van der Waals surface area contributed by atoms with Crippen LogP contribution in [0.3, 0.4) is 0 Å². The quantitative estimate of drug-likeness (QED) is 0.552. The summed E-state index contributed by atoms with van der Waals surface area (Å²) in [6, 6.07) is 0. The van der Waals surface area contributed by atoms with Gasteiger partial charge in [0, 0.05) is 11.8 Å². The number of halogens is 3. The van der Waals surface area contributed by atoms with Crippen molar-refractivity contribution in [3.8, 4) is 0 Å². The van der Waals surface area contributed by atoms with Gasteiger partial charge in [-0.25, -0.2) is 0 Å². The Kier molecular flexibility index (Phi) is 3.59. The van der Waals surface area contributed by atoms with Gasteiger partial charge in [0.15, 0.2) is 0 Å². The summed E-state index contributed by atoms with van der Waals surface area (Å²) in [6.45, 7) is 7.90. The molecule has 0 aliphatic heterocycles. The highest BCUT2D eigenvalue weighted by Crippen LogP contribution is 2.24. The smallest absolute Gasteiger partial charge is 0.405 e. The highest BCUT2D eigenvalue weighted by molar-refractivity contribution is 5.27. The second-order valence-corrected chi connectivity index (χ2v) is 2.41. The lowest BCUT2D eigenvalue weighted by molar-refractivity contribution is -0.303. The lowest BCUT2D eigenvalue weighted by Crippen LogP contribution is -2.14. The molecule has 0 aliphatic rings. The van der Waals surface area contributed by atoms with Crippen molar-refractivity contribution in [2.24, 2.45) is 5.73 Å². The maximum Gasteiger partial charge on any atom is 0.573 e. The molecule has 0 radical (unpaired) electrons. The third-order valence-electron chi connectivity index (χ3n) is 0.963. The highest BCUT2D eigenvalue weighted by atomic mass is 19.4. The standard InChI is InChI=1S/C8H10F3NO/c1-5(2)7(4-6(3)12)13-8(9,10)11/h4H,1,3,12H2,2H3/b7-4+. The first-order chi connectivity index (χ1) is 5.72. The molecule has 0 amide bonds. The Hall–Kier alpha value is -1.39. The van der Waals surface area contributed by atoms with Crippen LogP contribution < -0.4 is 5.73 Å². The molecule has 0 saturated carbocycles. The molecule has 0 rings (SSSR count). The normalized spacial score (nSPS) is 12.5. The zero-order valence-electron chi connectivity index (χ0n) is 7.11. The fraction of sp³-hybridized carbons (Fsp3) is 0.250. The summed E-state index contributed by atoms with van der Waals surface area (Å²) < 4.78 is 38.9. The van der Waals surface area contributed by atoms with Gasteiger partial charge >= 0.3 is 6.36 Å². The van der Waals surface area contributed by atoms with Crippen molar-refractivity contribution in [1.29, 1.82) is 0 Å². The first-order valence-electron chi connectivity index (χ1n) is 3.30. The third kappa shape index (κ3) is 5.84. The van der Waals surface area contributed by atoms with Gasteiger partial charge in [-0.3, -0.25) is 0 Å². The van der Waals surface area contributed by atoms with Gasteiger partial charge in [-0.05, 0) is 12.5 Å². The van der Waals surface area contributed by atoms with Crippen molar-refractivity contribution in [2.45, 2.75) is 13.3 Å². The number of ether oxygens (including phenoxy) is 1. The first kappa shape index (κ1) is 11.6. The average Bonchev–Trinajstić information content (AvgIpc) is 1.81. The zero-order valence-corrected chi connectivity index (χ0v) is 7.11. The van der Waals surface area contributed by atoms with Crippen molar-refractivity contribution >= 4 is 0 Å². The molecule has 0 unspecified atom stereocenters. The van der Waals surface area contributed by atoms with Crippen LogP contribution >= 0.6 is 0 Å². The molecule has 0 atom stereocenters. The Bertz CT molecular complexity index is 253. The number of rotatable bonds is 3. The minimum Gasteiger partial charge on any atom is -0.405 e. The van der Waals surface area contributed by atoms with Gasteiger partial charge in [0.2, 0.25) is 0 Å². The summed E-state index contributed by atoms with van der Waals surface area (Å²) in [5, 5.41) is 0. The van der Waals surface area contributed by atoms with E-state index in [2.05, 4.69) is 17.9 Å². The van der Waals surface area contributed by atoms with E-state index in [1.807, 2.05) is 0 Å². The molecule has 0 aromatic heterocycles. The topological polar surface area (TPSA) is 35.2 Å². The van der Waals surface area contributed by atoms with Gasteiger partial charge in [0.1, 0.15) is 5.76 Å². The number of allylic oxidation sites excluding steroid dienone is 2. The zero-order chi connectivity index (χ0) is 10.6. The van der Waals surface area contributed by atoms with E-state index in [1.54, 1.807) is 0 Å². The molecule has 13 heavy (non-hydrogen) atoms. The third-order valence-corrected chi connectivity index (χ3v) is 0.963. The fourth-order valence-corrected chi connectivity index (χ4v) is 0.533. The van der Waals surface area contributed by atoms with E-state index in [0.29, 0.717) is 0 Å². The van der Waals surface area contributed by atoms with Crippen LogP contribution in [0.5, 0.6) is 0 Å². The van der Waals surface area contributed by atoms with Gasteiger partial charge in [-0.15, -0.1) is 13.2 Å². The monoisotopic (exact) mass is 193 g/mol. The van der Waals surface area contributed by atoms with Crippen LogP contribution in [0.4, 0.5) is 13.2 Å². The van der Waals surface area contributed by atoms with Crippen molar-refractivity contribution in [1.82, 2.24) is 0 Å². The molecule has 0 spiro atoms. The molecule has 0 heterocycles. The molecule has 74 valence electrons. The molecule has 2 nitrogen and oxygen atoms in total. The van der Waals surface area contributed by atoms with Crippen LogP contribution in [0.15, 0.2) is 36.3 Å². The van der Waals surface area contributed by atoms with Gasteiger partial charge in [0.25, 0.3) is 0 Å². The van der Waals surface area contributed by atoms with E-state index in [4.69, 9.17) is 5.73 Å². The van der Waals surface area contributed by atoms with Crippen LogP contribution in [0.1, 0.15) is 6.92 Å². The largest absolute Gasteiger partial charge is 0.573 e.